The highest BCUT2D eigenvalue weighted by Crippen LogP contribution is 2.20. The Bertz CT molecular complexity index is 1630. The Morgan fingerprint density at radius 1 is 0.432 bits per heavy atom. The van der Waals surface area contributed by atoms with Crippen LogP contribution in [0.4, 0.5) is 22.7 Å². The van der Waals surface area contributed by atoms with E-state index in [1.807, 2.05) is 99.0 Å². The Labute approximate surface area is 256 Å². The van der Waals surface area contributed by atoms with Crippen molar-refractivity contribution in [3.8, 4) is 0 Å². The zero-order valence-electron chi connectivity index (χ0n) is 24.4. The van der Waals surface area contributed by atoms with Crippen molar-refractivity contribution in [3.05, 3.63) is 156 Å². The van der Waals surface area contributed by atoms with E-state index in [4.69, 9.17) is 0 Å². The summed E-state index contributed by atoms with van der Waals surface area (Å²) in [7, 11) is 3.66. The van der Waals surface area contributed by atoms with Crippen LogP contribution in [-0.4, -0.2) is 37.6 Å². The third-order valence-electron chi connectivity index (χ3n) is 6.71. The first-order valence-electron chi connectivity index (χ1n) is 14.1. The van der Waals surface area contributed by atoms with Crippen LogP contribution in [0.3, 0.4) is 0 Å². The highest BCUT2D eigenvalue weighted by molar-refractivity contribution is 6.07. The molecule has 218 valence electrons. The second kappa shape index (κ2) is 14.2. The standard InChI is InChI=1S/C36H32N6O2/c1-37-33(25-9-5-3-6-10-25)39-29-17-21-31(22-18-29)41-35(43)27-13-15-28(16-14-27)36(44)42-32-23-19-30(20-24-32)40-34(38-2)26-11-7-4-8-12-26/h3-24H,1-2H3,(H,37,39)(H,38,40)(H,41,43)(H,42,44). The quantitative estimate of drug-likeness (QED) is 0.120. The van der Waals surface area contributed by atoms with E-state index in [0.29, 0.717) is 22.5 Å². The van der Waals surface area contributed by atoms with Crippen molar-refractivity contribution in [2.75, 3.05) is 24.7 Å². The number of carbonyl (C=O) groups is 2. The summed E-state index contributed by atoms with van der Waals surface area (Å²) in [6, 6.07) is 40.8. The smallest absolute Gasteiger partial charge is 0.255 e. The molecule has 44 heavy (non-hydrogen) atoms. The predicted octanol–water partition coefficient (Wildman–Crippen LogP) is 6.79. The van der Waals surface area contributed by atoms with Crippen LogP contribution in [0.25, 0.3) is 0 Å². The topological polar surface area (TPSA) is 107 Å². The molecule has 0 aliphatic carbocycles. The molecule has 5 aromatic rings. The fourth-order valence-electron chi connectivity index (χ4n) is 4.40. The average molecular weight is 581 g/mol. The van der Waals surface area contributed by atoms with E-state index in [0.717, 1.165) is 34.2 Å². The van der Waals surface area contributed by atoms with Gasteiger partial charge in [0.05, 0.1) is 11.4 Å². The summed E-state index contributed by atoms with van der Waals surface area (Å²) in [5, 5.41) is 12.0. The second-order valence-electron chi connectivity index (χ2n) is 9.73. The number of hydrogen-bond donors (Lipinski definition) is 4. The highest BCUT2D eigenvalue weighted by atomic mass is 16.2. The van der Waals surface area contributed by atoms with Crippen LogP contribution in [-0.2, 0) is 0 Å². The molecule has 0 radical (unpaired) electrons. The molecule has 5 aromatic carbocycles. The van der Waals surface area contributed by atoms with Crippen molar-refractivity contribution in [3.63, 3.8) is 0 Å². The van der Waals surface area contributed by atoms with E-state index in [1.165, 1.54) is 0 Å². The minimum Gasteiger partial charge on any atom is -0.373 e. The Morgan fingerprint density at radius 3 is 1.09 bits per heavy atom. The molecular formula is C36H32N6O2. The summed E-state index contributed by atoms with van der Waals surface area (Å²) >= 11 is 0. The molecule has 2 amide bonds. The normalized spacial score (nSPS) is 11.4. The number of aliphatic imine (C=N–C) groups is 2. The van der Waals surface area contributed by atoms with Crippen molar-refractivity contribution in [2.45, 2.75) is 0 Å². The molecule has 0 spiro atoms. The maximum Gasteiger partial charge on any atom is 0.255 e. The number of rotatable bonds is 8. The average Bonchev–Trinajstić information content (AvgIpc) is 3.08. The van der Waals surface area contributed by atoms with Gasteiger partial charge in [0.1, 0.15) is 11.7 Å². The van der Waals surface area contributed by atoms with Gasteiger partial charge < -0.3 is 21.3 Å². The molecule has 8 heteroatoms. The SMILES string of the molecule is CNC(=Nc1ccc(NC(=O)c2ccc(C(=O)Nc3ccc(N=C(NC)c4ccccc4)cc3)cc2)cc1)c1ccccc1. The lowest BCUT2D eigenvalue weighted by molar-refractivity contribution is 0.101. The van der Waals surface area contributed by atoms with Crippen molar-refractivity contribution in [1.29, 1.82) is 0 Å². The van der Waals surface area contributed by atoms with Gasteiger partial charge in [-0.3, -0.25) is 9.59 Å². The number of nitrogens with zero attached hydrogens (tertiary/aromatic N) is 2. The molecule has 0 aliphatic rings. The van der Waals surface area contributed by atoms with Gasteiger partial charge in [-0.15, -0.1) is 0 Å². The molecule has 0 saturated heterocycles. The molecule has 0 heterocycles. The van der Waals surface area contributed by atoms with Gasteiger partial charge in [0.25, 0.3) is 11.8 Å². The first kappa shape index (κ1) is 29.5. The molecule has 0 atom stereocenters. The minimum atomic E-state index is -0.277. The van der Waals surface area contributed by atoms with Crippen LogP contribution in [0.1, 0.15) is 31.8 Å². The van der Waals surface area contributed by atoms with Gasteiger partial charge in [0.15, 0.2) is 0 Å². The molecule has 0 aliphatic heterocycles. The van der Waals surface area contributed by atoms with Crippen molar-refractivity contribution < 1.29 is 9.59 Å². The van der Waals surface area contributed by atoms with Gasteiger partial charge in [-0.25, -0.2) is 9.98 Å². The Balaban J connectivity index is 1.17. The van der Waals surface area contributed by atoms with E-state index in [9.17, 15) is 9.59 Å². The number of nitrogens with one attached hydrogen (secondary N) is 4. The maximum atomic E-state index is 12.8. The van der Waals surface area contributed by atoms with Gasteiger partial charge in [0, 0.05) is 47.7 Å². The first-order valence-corrected chi connectivity index (χ1v) is 14.1. The van der Waals surface area contributed by atoms with Crippen LogP contribution in [0.5, 0.6) is 0 Å². The second-order valence-corrected chi connectivity index (χ2v) is 9.73. The van der Waals surface area contributed by atoms with Gasteiger partial charge in [-0.05, 0) is 72.8 Å². The molecule has 5 rings (SSSR count). The summed E-state index contributed by atoms with van der Waals surface area (Å²) in [5.74, 6) is 0.946. The number of anilines is 2. The largest absolute Gasteiger partial charge is 0.373 e. The monoisotopic (exact) mass is 580 g/mol. The zero-order valence-corrected chi connectivity index (χ0v) is 24.4. The van der Waals surface area contributed by atoms with E-state index >= 15 is 0 Å². The predicted molar refractivity (Wildman–Crippen MR) is 179 cm³/mol. The molecule has 0 fully saturated rings. The lowest BCUT2D eigenvalue weighted by Gasteiger charge is -2.09. The van der Waals surface area contributed by atoms with E-state index < -0.39 is 0 Å². The van der Waals surface area contributed by atoms with Crippen molar-refractivity contribution >= 4 is 46.2 Å². The number of benzene rings is 5. The summed E-state index contributed by atoms with van der Waals surface area (Å²) in [6.07, 6.45) is 0. The summed E-state index contributed by atoms with van der Waals surface area (Å²) in [6.45, 7) is 0. The number of hydrogen-bond acceptors (Lipinski definition) is 4. The van der Waals surface area contributed by atoms with Crippen LogP contribution >= 0.6 is 0 Å². The van der Waals surface area contributed by atoms with E-state index in [2.05, 4.69) is 31.3 Å². The summed E-state index contributed by atoms with van der Waals surface area (Å²) in [4.78, 5) is 35.0. The first-order chi connectivity index (χ1) is 21.5. The van der Waals surface area contributed by atoms with Gasteiger partial charge in [0.2, 0.25) is 0 Å². The molecule has 4 N–H and O–H groups in total. The maximum absolute atomic E-state index is 12.8. The number of amidine groups is 2. The fraction of sp³-hybridized carbons (Fsp3) is 0.0556. The van der Waals surface area contributed by atoms with E-state index in [-0.39, 0.29) is 11.8 Å². The third-order valence-corrected chi connectivity index (χ3v) is 6.71. The summed E-state index contributed by atoms with van der Waals surface area (Å²) in [5.41, 5.74) is 5.62. The van der Waals surface area contributed by atoms with Crippen molar-refractivity contribution in [2.24, 2.45) is 9.98 Å². The number of amides is 2. The molecule has 0 unspecified atom stereocenters. The van der Waals surface area contributed by atoms with Crippen LogP contribution in [0.15, 0.2) is 143 Å². The zero-order chi connectivity index (χ0) is 30.7. The lowest BCUT2D eigenvalue weighted by atomic mass is 10.1. The van der Waals surface area contributed by atoms with E-state index in [1.54, 1.807) is 48.5 Å². The highest BCUT2D eigenvalue weighted by Gasteiger charge is 2.11. The molecule has 8 nitrogen and oxygen atoms in total. The van der Waals surface area contributed by atoms with Crippen LogP contribution < -0.4 is 21.3 Å². The molecular weight excluding hydrogens is 548 g/mol. The number of carbonyl (C=O) groups excluding carboxylic acids is 2. The minimum absolute atomic E-state index is 0.277. The lowest BCUT2D eigenvalue weighted by Crippen LogP contribution is -2.19. The van der Waals surface area contributed by atoms with Gasteiger partial charge >= 0.3 is 0 Å². The Morgan fingerprint density at radius 2 is 0.773 bits per heavy atom. The summed E-state index contributed by atoms with van der Waals surface area (Å²) < 4.78 is 0. The van der Waals surface area contributed by atoms with Crippen LogP contribution in [0.2, 0.25) is 0 Å². The van der Waals surface area contributed by atoms with Crippen LogP contribution in [0, 0.1) is 0 Å². The molecule has 0 saturated carbocycles. The van der Waals surface area contributed by atoms with Gasteiger partial charge in [-0.1, -0.05) is 60.7 Å². The Hall–Kier alpha value is -6.02. The molecule has 0 aromatic heterocycles. The molecule has 0 bridgehead atoms. The third kappa shape index (κ3) is 7.63. The van der Waals surface area contributed by atoms with Gasteiger partial charge in [-0.2, -0.15) is 0 Å². The Kier molecular flexibility index (Phi) is 9.54. The van der Waals surface area contributed by atoms with Crippen molar-refractivity contribution in [1.82, 2.24) is 10.6 Å². The fourth-order valence-corrected chi connectivity index (χ4v) is 4.40.